The molecular weight excluding hydrogens is 444 g/mol. The fourth-order valence-corrected chi connectivity index (χ4v) is 5.30. The predicted molar refractivity (Wildman–Crippen MR) is 122 cm³/mol. The minimum Gasteiger partial charge on any atom is -0.340 e. The Bertz CT molecular complexity index is 1470. The number of carbonyl (C=O) groups excluding carboxylic acids is 2. The molecule has 2 amide bonds. The third-order valence-electron chi connectivity index (χ3n) is 6.34. The summed E-state index contributed by atoms with van der Waals surface area (Å²) < 4.78 is 1.55. The molecule has 10 nitrogen and oxygen atoms in total. The average Bonchev–Trinajstić information content (AvgIpc) is 3.46. The highest BCUT2D eigenvalue weighted by atomic mass is 35.5. The Hall–Kier alpha value is -3.79. The van der Waals surface area contributed by atoms with Crippen molar-refractivity contribution in [2.75, 3.05) is 16.8 Å². The number of amides is 2. The number of hydrogen-bond acceptors (Lipinski definition) is 6. The molecule has 3 aromatic heterocycles. The minimum atomic E-state index is -1.21. The first-order valence-electron chi connectivity index (χ1n) is 10.6. The Morgan fingerprint density at radius 3 is 2.88 bits per heavy atom. The second-order valence-corrected chi connectivity index (χ2v) is 8.70. The zero-order chi connectivity index (χ0) is 22.9. The first-order valence-corrected chi connectivity index (χ1v) is 11.0. The second kappa shape index (κ2) is 6.85. The van der Waals surface area contributed by atoms with Crippen LogP contribution in [0.1, 0.15) is 36.6 Å². The van der Waals surface area contributed by atoms with Crippen LogP contribution in [0.3, 0.4) is 0 Å². The lowest BCUT2D eigenvalue weighted by molar-refractivity contribution is -0.126. The molecule has 0 bridgehead atoms. The standard InChI is InChI=1S/C22H19ClN8O2/c1-3-6-30-14-5-4-12(23)7-13(14)22(21(30)33)8-15(32)28-19-16(22)11(2)29-31(19)20-17-18(25-9-24-17)26-10-27-20/h4-5,7,9-10H,3,6,8H2,1-2H3,(H,28,32)(H,24,25,26,27)/t22-/m1/s1. The van der Waals surface area contributed by atoms with E-state index in [9.17, 15) is 9.59 Å². The maximum absolute atomic E-state index is 14.0. The van der Waals surface area contributed by atoms with E-state index < -0.39 is 5.41 Å². The van der Waals surface area contributed by atoms with Gasteiger partial charge in [-0.25, -0.2) is 15.0 Å². The van der Waals surface area contributed by atoms with E-state index in [1.54, 1.807) is 21.7 Å². The lowest BCUT2D eigenvalue weighted by Crippen LogP contribution is -2.47. The Labute approximate surface area is 193 Å². The summed E-state index contributed by atoms with van der Waals surface area (Å²) in [6, 6.07) is 5.41. The van der Waals surface area contributed by atoms with Crippen molar-refractivity contribution >= 4 is 46.1 Å². The van der Waals surface area contributed by atoms with Gasteiger partial charge in [0.2, 0.25) is 11.8 Å². The van der Waals surface area contributed by atoms with E-state index >= 15 is 0 Å². The van der Waals surface area contributed by atoms with Crippen LogP contribution >= 0.6 is 11.6 Å². The third kappa shape index (κ3) is 2.55. The smallest absolute Gasteiger partial charge is 0.242 e. The Morgan fingerprint density at radius 1 is 1.21 bits per heavy atom. The maximum atomic E-state index is 14.0. The summed E-state index contributed by atoms with van der Waals surface area (Å²) >= 11 is 6.38. The highest BCUT2D eigenvalue weighted by Crippen LogP contribution is 2.54. The number of aromatic nitrogens is 6. The molecule has 1 spiro atoms. The van der Waals surface area contributed by atoms with Gasteiger partial charge in [-0.05, 0) is 37.1 Å². The zero-order valence-electron chi connectivity index (χ0n) is 17.9. The topological polar surface area (TPSA) is 122 Å². The molecule has 2 N–H and O–H groups in total. The normalized spacial score (nSPS) is 19.3. The van der Waals surface area contributed by atoms with Crippen molar-refractivity contribution in [3.05, 3.63) is 52.7 Å². The van der Waals surface area contributed by atoms with E-state index in [0.29, 0.717) is 45.6 Å². The number of benzene rings is 1. The molecule has 0 fully saturated rings. The number of rotatable bonds is 3. The van der Waals surface area contributed by atoms with Crippen LogP contribution in [0.2, 0.25) is 5.02 Å². The molecule has 0 saturated heterocycles. The van der Waals surface area contributed by atoms with E-state index in [1.165, 1.54) is 12.7 Å². The fraction of sp³-hybridized carbons (Fsp3) is 0.273. The Morgan fingerprint density at radius 2 is 2.06 bits per heavy atom. The van der Waals surface area contributed by atoms with E-state index in [4.69, 9.17) is 16.7 Å². The summed E-state index contributed by atoms with van der Waals surface area (Å²) in [4.78, 5) is 44.6. The maximum Gasteiger partial charge on any atom is 0.242 e. The molecule has 2 aliphatic heterocycles. The second-order valence-electron chi connectivity index (χ2n) is 8.27. The number of fused-ring (bicyclic) bond motifs is 5. The van der Waals surface area contributed by atoms with Gasteiger partial charge in [-0.1, -0.05) is 18.5 Å². The van der Waals surface area contributed by atoms with Crippen molar-refractivity contribution in [3.8, 4) is 5.82 Å². The molecule has 5 heterocycles. The molecule has 166 valence electrons. The lowest BCUT2D eigenvalue weighted by atomic mass is 9.70. The molecule has 0 aliphatic carbocycles. The molecule has 1 aromatic carbocycles. The molecule has 2 aliphatic rings. The summed E-state index contributed by atoms with van der Waals surface area (Å²) in [7, 11) is 0. The third-order valence-corrected chi connectivity index (χ3v) is 6.58. The molecule has 0 unspecified atom stereocenters. The van der Waals surface area contributed by atoms with Crippen LogP contribution in [0.5, 0.6) is 0 Å². The lowest BCUT2D eigenvalue weighted by Gasteiger charge is -2.33. The van der Waals surface area contributed by atoms with E-state index in [-0.39, 0.29) is 18.2 Å². The molecular formula is C22H19ClN8O2. The number of halogens is 1. The molecule has 4 aromatic rings. The van der Waals surface area contributed by atoms with Gasteiger partial charge in [0.25, 0.3) is 0 Å². The van der Waals surface area contributed by atoms with E-state index in [0.717, 1.165) is 17.7 Å². The van der Waals surface area contributed by atoms with Gasteiger partial charge >= 0.3 is 0 Å². The Balaban J connectivity index is 1.66. The van der Waals surface area contributed by atoms with Gasteiger partial charge in [0, 0.05) is 29.2 Å². The number of imidazole rings is 1. The number of aromatic amines is 1. The number of H-pyrrole nitrogens is 1. The van der Waals surface area contributed by atoms with Gasteiger partial charge in [0.1, 0.15) is 23.1 Å². The van der Waals surface area contributed by atoms with Crippen molar-refractivity contribution in [1.29, 1.82) is 0 Å². The number of carbonyl (C=O) groups is 2. The number of nitrogens with zero attached hydrogens (tertiary/aromatic N) is 6. The number of nitrogens with one attached hydrogen (secondary N) is 2. The fourth-order valence-electron chi connectivity index (χ4n) is 5.12. The summed E-state index contributed by atoms with van der Waals surface area (Å²) in [5.74, 6) is 0.420. The highest BCUT2D eigenvalue weighted by Gasteiger charge is 2.58. The van der Waals surface area contributed by atoms with Crippen LogP contribution in [0, 0.1) is 6.92 Å². The zero-order valence-corrected chi connectivity index (χ0v) is 18.6. The quantitative estimate of drug-likeness (QED) is 0.482. The van der Waals surface area contributed by atoms with E-state index in [2.05, 4.69) is 25.3 Å². The van der Waals surface area contributed by atoms with Crippen LogP contribution in [-0.2, 0) is 15.0 Å². The summed E-state index contributed by atoms with van der Waals surface area (Å²) in [6.07, 6.45) is 3.66. The van der Waals surface area contributed by atoms with Crippen LogP contribution in [-0.4, -0.2) is 48.1 Å². The van der Waals surface area contributed by atoms with E-state index in [1.807, 2.05) is 19.9 Å². The summed E-state index contributed by atoms with van der Waals surface area (Å²) in [5.41, 5.74) is 2.61. The SMILES string of the molecule is CCCN1C(=O)[C@]2(CC(=O)Nc3c2c(C)nn3-c2ncnc3nc[nH]c23)c2cc(Cl)ccc21. The molecule has 11 heteroatoms. The van der Waals surface area contributed by atoms with Gasteiger partial charge in [-0.3, -0.25) is 9.59 Å². The molecule has 6 rings (SSSR count). The summed E-state index contributed by atoms with van der Waals surface area (Å²) in [5, 5.41) is 8.14. The largest absolute Gasteiger partial charge is 0.340 e. The van der Waals surface area contributed by atoms with Crippen molar-refractivity contribution in [2.24, 2.45) is 0 Å². The Kier molecular flexibility index (Phi) is 4.12. The van der Waals surface area contributed by atoms with Crippen LogP contribution in [0.15, 0.2) is 30.9 Å². The molecule has 0 saturated carbocycles. The van der Waals surface area contributed by atoms with Gasteiger partial charge in [0.05, 0.1) is 12.0 Å². The van der Waals surface area contributed by atoms with Crippen LogP contribution in [0.4, 0.5) is 11.5 Å². The molecule has 0 radical (unpaired) electrons. The number of hydrogen-bond donors (Lipinski definition) is 2. The van der Waals surface area contributed by atoms with Crippen molar-refractivity contribution in [3.63, 3.8) is 0 Å². The minimum absolute atomic E-state index is 0.0256. The van der Waals surface area contributed by atoms with Crippen LogP contribution < -0.4 is 10.2 Å². The number of anilines is 2. The van der Waals surface area contributed by atoms with Gasteiger partial charge in [-0.15, -0.1) is 0 Å². The van der Waals surface area contributed by atoms with Crippen LogP contribution in [0.25, 0.3) is 17.0 Å². The van der Waals surface area contributed by atoms with Gasteiger partial charge in [-0.2, -0.15) is 9.78 Å². The highest BCUT2D eigenvalue weighted by molar-refractivity contribution is 6.31. The van der Waals surface area contributed by atoms with Crippen molar-refractivity contribution in [2.45, 2.75) is 32.1 Å². The molecule has 33 heavy (non-hydrogen) atoms. The van der Waals surface area contributed by atoms with Gasteiger partial charge < -0.3 is 15.2 Å². The first-order chi connectivity index (χ1) is 16.0. The van der Waals surface area contributed by atoms with Gasteiger partial charge in [0.15, 0.2) is 11.5 Å². The molecule has 1 atom stereocenters. The first kappa shape index (κ1) is 19.9. The summed E-state index contributed by atoms with van der Waals surface area (Å²) in [6.45, 7) is 4.39. The monoisotopic (exact) mass is 462 g/mol. The average molecular weight is 463 g/mol. The van der Waals surface area contributed by atoms with Crippen molar-refractivity contribution in [1.82, 2.24) is 29.7 Å². The van der Waals surface area contributed by atoms with Crippen molar-refractivity contribution < 1.29 is 9.59 Å². The predicted octanol–water partition coefficient (Wildman–Crippen LogP) is 2.89. The number of aryl methyl sites for hydroxylation is 1.